The molecule has 0 aromatic carbocycles. The second-order valence-corrected chi connectivity index (χ2v) is 20.0. The van der Waals surface area contributed by atoms with Crippen LogP contribution in [-0.2, 0) is 14.3 Å². The zero-order chi connectivity index (χ0) is 47.9. The van der Waals surface area contributed by atoms with E-state index in [2.05, 4.69) is 43.5 Å². The lowest BCUT2D eigenvalue weighted by Crippen LogP contribution is -2.45. The summed E-state index contributed by atoms with van der Waals surface area (Å²) >= 11 is 0. The van der Waals surface area contributed by atoms with Crippen LogP contribution < -0.4 is 5.32 Å². The first-order valence-corrected chi connectivity index (χ1v) is 29.3. The smallest absolute Gasteiger partial charge is 0.305 e. The third-order valence-corrected chi connectivity index (χ3v) is 13.4. The number of nitrogens with one attached hydrogen (secondary N) is 1. The third-order valence-electron chi connectivity index (χ3n) is 13.4. The van der Waals surface area contributed by atoms with Gasteiger partial charge >= 0.3 is 5.97 Å². The van der Waals surface area contributed by atoms with Crippen LogP contribution in [0.15, 0.2) is 36.5 Å². The van der Waals surface area contributed by atoms with Gasteiger partial charge in [0.25, 0.3) is 0 Å². The van der Waals surface area contributed by atoms with Crippen molar-refractivity contribution in [3.05, 3.63) is 36.5 Å². The van der Waals surface area contributed by atoms with E-state index in [-0.39, 0.29) is 18.5 Å². The molecule has 1 amide bonds. The van der Waals surface area contributed by atoms with Crippen LogP contribution in [0.1, 0.15) is 309 Å². The molecule has 0 aliphatic heterocycles. The molecule has 0 aromatic heterocycles. The van der Waals surface area contributed by atoms with Crippen molar-refractivity contribution in [3.63, 3.8) is 0 Å². The third kappa shape index (κ3) is 51.5. The Kier molecular flexibility index (Phi) is 54.1. The highest BCUT2D eigenvalue weighted by atomic mass is 16.5. The lowest BCUT2D eigenvalue weighted by molar-refractivity contribution is -0.143. The van der Waals surface area contributed by atoms with Crippen LogP contribution in [0.3, 0.4) is 0 Å². The van der Waals surface area contributed by atoms with E-state index in [0.29, 0.717) is 19.4 Å². The summed E-state index contributed by atoms with van der Waals surface area (Å²) < 4.78 is 5.48. The molecule has 0 radical (unpaired) electrons. The predicted octanol–water partition coefficient (Wildman–Crippen LogP) is 18.0. The van der Waals surface area contributed by atoms with Gasteiger partial charge in [0.2, 0.25) is 5.91 Å². The Morgan fingerprint density at radius 3 is 1.08 bits per heavy atom. The molecule has 0 rings (SSSR count). The van der Waals surface area contributed by atoms with Gasteiger partial charge < -0.3 is 20.3 Å². The molecule has 388 valence electrons. The minimum Gasteiger partial charge on any atom is -0.466 e. The van der Waals surface area contributed by atoms with E-state index in [1.807, 2.05) is 6.08 Å². The number of amides is 1. The molecule has 66 heavy (non-hydrogen) atoms. The SMILES string of the molecule is CCCCCCCC/C=C\CCCCCCCCCC(=O)OCCCCCCCCCCC/C=C\CCCCCCCCCC(=O)NC(CO)C(O)/C=C/CCCCCCCCCCCC. The molecule has 0 aromatic rings. The average Bonchev–Trinajstić information content (AvgIpc) is 3.32. The fourth-order valence-corrected chi connectivity index (χ4v) is 8.86. The maximum absolute atomic E-state index is 12.4. The van der Waals surface area contributed by atoms with Gasteiger partial charge in [-0.25, -0.2) is 0 Å². The summed E-state index contributed by atoms with van der Waals surface area (Å²) in [5.41, 5.74) is 0. The minimum atomic E-state index is -0.849. The fraction of sp³-hybridized carbons (Fsp3) is 0.867. The summed E-state index contributed by atoms with van der Waals surface area (Å²) in [4.78, 5) is 24.5. The van der Waals surface area contributed by atoms with Crippen LogP contribution in [-0.4, -0.2) is 47.4 Å². The first-order valence-electron chi connectivity index (χ1n) is 29.3. The molecule has 0 heterocycles. The van der Waals surface area contributed by atoms with Crippen molar-refractivity contribution in [3.8, 4) is 0 Å². The van der Waals surface area contributed by atoms with Gasteiger partial charge in [-0.1, -0.05) is 249 Å². The van der Waals surface area contributed by atoms with Crippen LogP contribution in [0.2, 0.25) is 0 Å². The molecular formula is C60H113NO5. The number of hydrogen-bond donors (Lipinski definition) is 3. The van der Waals surface area contributed by atoms with Crippen LogP contribution >= 0.6 is 0 Å². The summed E-state index contributed by atoms with van der Waals surface area (Å²) in [5.74, 6) is -0.0756. The Hall–Kier alpha value is -1.92. The van der Waals surface area contributed by atoms with E-state index >= 15 is 0 Å². The molecule has 0 fully saturated rings. The Morgan fingerprint density at radius 2 is 0.712 bits per heavy atom. The van der Waals surface area contributed by atoms with Crippen molar-refractivity contribution in [1.82, 2.24) is 5.32 Å². The van der Waals surface area contributed by atoms with E-state index < -0.39 is 12.1 Å². The Labute approximate surface area is 411 Å². The van der Waals surface area contributed by atoms with Gasteiger partial charge in [0.1, 0.15) is 0 Å². The summed E-state index contributed by atoms with van der Waals surface area (Å²) in [7, 11) is 0. The van der Waals surface area contributed by atoms with E-state index in [1.54, 1.807) is 6.08 Å². The zero-order valence-electron chi connectivity index (χ0n) is 44.2. The number of esters is 1. The molecule has 6 nitrogen and oxygen atoms in total. The number of carbonyl (C=O) groups is 2. The molecule has 3 N–H and O–H groups in total. The molecule has 0 aliphatic rings. The highest BCUT2D eigenvalue weighted by molar-refractivity contribution is 5.76. The normalized spacial score (nSPS) is 12.8. The van der Waals surface area contributed by atoms with Gasteiger partial charge in [-0.05, 0) is 83.5 Å². The molecule has 0 spiro atoms. The van der Waals surface area contributed by atoms with Gasteiger partial charge in [0.05, 0.1) is 25.4 Å². The molecule has 0 aliphatic carbocycles. The van der Waals surface area contributed by atoms with Gasteiger partial charge in [0, 0.05) is 12.8 Å². The van der Waals surface area contributed by atoms with Crippen LogP contribution in [0.4, 0.5) is 0 Å². The lowest BCUT2D eigenvalue weighted by atomic mass is 10.0. The number of aliphatic hydroxyl groups excluding tert-OH is 2. The first-order chi connectivity index (χ1) is 32.5. The number of hydrogen-bond acceptors (Lipinski definition) is 5. The summed E-state index contributed by atoms with van der Waals surface area (Å²) in [6.07, 6.45) is 68.8. The van der Waals surface area contributed by atoms with Gasteiger partial charge in [-0.2, -0.15) is 0 Å². The van der Waals surface area contributed by atoms with Gasteiger partial charge in [0.15, 0.2) is 0 Å². The largest absolute Gasteiger partial charge is 0.466 e. The van der Waals surface area contributed by atoms with Crippen molar-refractivity contribution in [2.75, 3.05) is 13.2 Å². The first kappa shape index (κ1) is 64.1. The van der Waals surface area contributed by atoms with E-state index in [0.717, 1.165) is 51.4 Å². The van der Waals surface area contributed by atoms with Gasteiger partial charge in [-0.3, -0.25) is 9.59 Å². The van der Waals surface area contributed by atoms with Gasteiger partial charge in [-0.15, -0.1) is 0 Å². The lowest BCUT2D eigenvalue weighted by Gasteiger charge is -2.20. The molecular weight excluding hydrogens is 815 g/mol. The minimum absolute atomic E-state index is 0.00191. The summed E-state index contributed by atoms with van der Waals surface area (Å²) in [5, 5.41) is 23.0. The maximum Gasteiger partial charge on any atom is 0.305 e. The second-order valence-electron chi connectivity index (χ2n) is 20.0. The Balaban J connectivity index is 3.43. The monoisotopic (exact) mass is 928 g/mol. The number of allylic oxidation sites excluding steroid dienone is 5. The molecule has 2 unspecified atom stereocenters. The highest BCUT2D eigenvalue weighted by Gasteiger charge is 2.18. The predicted molar refractivity (Wildman–Crippen MR) is 287 cm³/mol. The van der Waals surface area contributed by atoms with Crippen molar-refractivity contribution < 1.29 is 24.5 Å². The number of rotatable bonds is 54. The second kappa shape index (κ2) is 55.7. The van der Waals surface area contributed by atoms with Crippen molar-refractivity contribution in [2.45, 2.75) is 321 Å². The summed E-state index contributed by atoms with van der Waals surface area (Å²) in [6.45, 7) is 4.88. The molecule has 0 saturated heterocycles. The Bertz CT molecular complexity index is 1070. The topological polar surface area (TPSA) is 95.9 Å². The molecule has 6 heteroatoms. The number of carbonyl (C=O) groups excluding carboxylic acids is 2. The number of ether oxygens (including phenoxy) is 1. The van der Waals surface area contributed by atoms with Crippen LogP contribution in [0, 0.1) is 0 Å². The van der Waals surface area contributed by atoms with E-state index in [1.165, 1.54) is 231 Å². The van der Waals surface area contributed by atoms with Crippen molar-refractivity contribution in [2.24, 2.45) is 0 Å². The number of aliphatic hydroxyl groups is 2. The van der Waals surface area contributed by atoms with E-state index in [9.17, 15) is 19.8 Å². The summed E-state index contributed by atoms with van der Waals surface area (Å²) in [6, 6.07) is -0.633. The average molecular weight is 929 g/mol. The van der Waals surface area contributed by atoms with Crippen molar-refractivity contribution >= 4 is 11.9 Å². The molecule has 2 atom stereocenters. The Morgan fingerprint density at radius 1 is 0.409 bits per heavy atom. The van der Waals surface area contributed by atoms with Crippen molar-refractivity contribution in [1.29, 1.82) is 0 Å². The molecule has 0 bridgehead atoms. The quantitative estimate of drug-likeness (QED) is 0.0321. The van der Waals surface area contributed by atoms with E-state index in [4.69, 9.17) is 4.74 Å². The number of unbranched alkanes of at least 4 members (excludes halogenated alkanes) is 39. The fourth-order valence-electron chi connectivity index (χ4n) is 8.86. The van der Waals surface area contributed by atoms with Crippen LogP contribution in [0.25, 0.3) is 0 Å². The maximum atomic E-state index is 12.4. The zero-order valence-corrected chi connectivity index (χ0v) is 44.2. The highest BCUT2D eigenvalue weighted by Crippen LogP contribution is 2.16. The molecule has 0 saturated carbocycles. The van der Waals surface area contributed by atoms with Crippen LogP contribution in [0.5, 0.6) is 0 Å². The standard InChI is InChI=1S/C60H113NO5/c1-3-5-7-9-11-13-15-17-18-23-27-30-34-38-42-46-50-54-60(65)66-55-51-47-43-39-35-31-28-25-22-20-19-21-24-26-29-33-37-41-45-49-53-59(64)61-57(56-62)58(63)52-48-44-40-36-32-16-14-12-10-8-6-4-2/h17-19,21,48,52,57-58,62-63H,3-16,20,22-47,49-51,53-56H2,1-2H3,(H,61,64)/b18-17-,21-19-,52-48+.